The highest BCUT2D eigenvalue weighted by atomic mass is 32.1. The SMILES string of the molecule is CN=C(NCCc1cccnc1)NC1CCN(c2cccs2)CC1. The van der Waals surface area contributed by atoms with E-state index in [1.54, 1.807) is 6.20 Å². The molecule has 0 amide bonds. The summed E-state index contributed by atoms with van der Waals surface area (Å²) in [7, 11) is 1.83. The summed E-state index contributed by atoms with van der Waals surface area (Å²) in [6, 6.07) is 8.90. The molecule has 2 aromatic heterocycles. The zero-order valence-electron chi connectivity index (χ0n) is 14.1. The van der Waals surface area contributed by atoms with Gasteiger partial charge in [0.2, 0.25) is 0 Å². The first-order valence-electron chi connectivity index (χ1n) is 8.49. The molecule has 2 N–H and O–H groups in total. The molecule has 2 aromatic rings. The van der Waals surface area contributed by atoms with Crippen molar-refractivity contribution in [1.29, 1.82) is 0 Å². The van der Waals surface area contributed by atoms with Crippen molar-refractivity contribution >= 4 is 22.3 Å². The maximum absolute atomic E-state index is 4.35. The molecule has 1 fully saturated rings. The third-order valence-corrected chi connectivity index (χ3v) is 5.24. The number of piperidine rings is 1. The minimum atomic E-state index is 0.491. The van der Waals surface area contributed by atoms with Crippen LogP contribution in [0.5, 0.6) is 0 Å². The molecular formula is C18H25N5S. The Labute approximate surface area is 147 Å². The lowest BCUT2D eigenvalue weighted by Crippen LogP contribution is -2.49. The number of hydrogen-bond acceptors (Lipinski definition) is 4. The molecule has 24 heavy (non-hydrogen) atoms. The van der Waals surface area contributed by atoms with Crippen LogP contribution in [0, 0.1) is 0 Å². The second-order valence-corrected chi connectivity index (χ2v) is 6.89. The Balaban J connectivity index is 1.40. The van der Waals surface area contributed by atoms with Crippen molar-refractivity contribution in [2.24, 2.45) is 4.99 Å². The zero-order chi connectivity index (χ0) is 16.6. The molecule has 5 nitrogen and oxygen atoms in total. The van der Waals surface area contributed by atoms with Gasteiger partial charge in [-0.1, -0.05) is 6.07 Å². The Morgan fingerprint density at radius 3 is 2.88 bits per heavy atom. The highest BCUT2D eigenvalue weighted by Crippen LogP contribution is 2.24. The molecule has 0 bridgehead atoms. The fraction of sp³-hybridized carbons (Fsp3) is 0.444. The molecule has 0 unspecified atom stereocenters. The Morgan fingerprint density at radius 2 is 2.21 bits per heavy atom. The molecular weight excluding hydrogens is 318 g/mol. The second kappa shape index (κ2) is 8.68. The van der Waals surface area contributed by atoms with E-state index in [4.69, 9.17) is 0 Å². The summed E-state index contributed by atoms with van der Waals surface area (Å²) in [6.45, 7) is 3.06. The number of pyridine rings is 1. The average Bonchev–Trinajstić information content (AvgIpc) is 3.17. The number of hydrogen-bond donors (Lipinski definition) is 2. The van der Waals surface area contributed by atoms with E-state index in [1.807, 2.05) is 30.6 Å². The molecule has 0 radical (unpaired) electrons. The topological polar surface area (TPSA) is 52.6 Å². The van der Waals surface area contributed by atoms with Gasteiger partial charge < -0.3 is 15.5 Å². The van der Waals surface area contributed by atoms with Crippen LogP contribution in [0.1, 0.15) is 18.4 Å². The van der Waals surface area contributed by atoms with Gasteiger partial charge in [0.25, 0.3) is 0 Å². The molecule has 0 spiro atoms. The van der Waals surface area contributed by atoms with Crippen molar-refractivity contribution in [2.75, 3.05) is 31.6 Å². The molecule has 1 aliphatic rings. The monoisotopic (exact) mass is 343 g/mol. The zero-order valence-corrected chi connectivity index (χ0v) is 14.9. The standard InChI is InChI=1S/C18H25N5S/c1-19-18(21-10-6-15-4-2-9-20-14-15)22-16-7-11-23(12-8-16)17-5-3-13-24-17/h2-5,9,13-14,16H,6-8,10-12H2,1H3,(H2,19,21,22). The third-order valence-electron chi connectivity index (χ3n) is 4.31. The number of guanidine groups is 1. The van der Waals surface area contributed by atoms with E-state index >= 15 is 0 Å². The lowest BCUT2D eigenvalue weighted by molar-refractivity contribution is 0.463. The molecule has 1 saturated heterocycles. The average molecular weight is 344 g/mol. The Bertz CT molecular complexity index is 618. The van der Waals surface area contributed by atoms with E-state index in [0.29, 0.717) is 6.04 Å². The summed E-state index contributed by atoms with van der Waals surface area (Å²) in [5.41, 5.74) is 1.24. The lowest BCUT2D eigenvalue weighted by Gasteiger charge is -2.33. The molecule has 3 rings (SSSR count). The van der Waals surface area contributed by atoms with Gasteiger partial charge in [0.1, 0.15) is 0 Å². The first-order valence-corrected chi connectivity index (χ1v) is 9.37. The van der Waals surface area contributed by atoms with Gasteiger partial charge in [-0.3, -0.25) is 9.98 Å². The highest BCUT2D eigenvalue weighted by molar-refractivity contribution is 7.14. The molecule has 0 aliphatic carbocycles. The van der Waals surface area contributed by atoms with Crippen molar-refractivity contribution < 1.29 is 0 Å². The maximum Gasteiger partial charge on any atom is 0.191 e. The first-order chi connectivity index (χ1) is 11.8. The number of nitrogens with one attached hydrogen (secondary N) is 2. The Morgan fingerprint density at radius 1 is 1.33 bits per heavy atom. The molecule has 0 atom stereocenters. The fourth-order valence-electron chi connectivity index (χ4n) is 2.95. The second-order valence-electron chi connectivity index (χ2n) is 5.97. The van der Waals surface area contributed by atoms with Gasteiger partial charge >= 0.3 is 0 Å². The number of thiophene rings is 1. The van der Waals surface area contributed by atoms with Crippen molar-refractivity contribution in [3.8, 4) is 0 Å². The van der Waals surface area contributed by atoms with Crippen LogP contribution in [0.4, 0.5) is 5.00 Å². The van der Waals surface area contributed by atoms with Crippen molar-refractivity contribution in [3.63, 3.8) is 0 Å². The molecule has 1 aliphatic heterocycles. The molecule has 3 heterocycles. The number of aromatic nitrogens is 1. The van der Waals surface area contributed by atoms with Crippen LogP contribution in [-0.2, 0) is 6.42 Å². The van der Waals surface area contributed by atoms with Gasteiger partial charge in [0.15, 0.2) is 5.96 Å². The van der Waals surface area contributed by atoms with Crippen molar-refractivity contribution in [1.82, 2.24) is 15.6 Å². The first kappa shape index (κ1) is 16.8. The number of nitrogens with zero attached hydrogens (tertiary/aromatic N) is 3. The van der Waals surface area contributed by atoms with Crippen LogP contribution >= 0.6 is 11.3 Å². The van der Waals surface area contributed by atoms with Crippen molar-refractivity contribution in [2.45, 2.75) is 25.3 Å². The van der Waals surface area contributed by atoms with Gasteiger partial charge in [-0.25, -0.2) is 0 Å². The largest absolute Gasteiger partial charge is 0.363 e. The minimum Gasteiger partial charge on any atom is -0.363 e. The van der Waals surface area contributed by atoms with Crippen molar-refractivity contribution in [3.05, 3.63) is 47.6 Å². The van der Waals surface area contributed by atoms with E-state index in [-0.39, 0.29) is 0 Å². The van der Waals surface area contributed by atoms with Gasteiger partial charge in [0.05, 0.1) is 5.00 Å². The van der Waals surface area contributed by atoms with E-state index in [1.165, 1.54) is 10.6 Å². The molecule has 128 valence electrons. The predicted octanol–water partition coefficient (Wildman–Crippen LogP) is 2.52. The van der Waals surface area contributed by atoms with Gasteiger partial charge in [-0.2, -0.15) is 0 Å². The smallest absolute Gasteiger partial charge is 0.191 e. The minimum absolute atomic E-state index is 0.491. The quantitative estimate of drug-likeness (QED) is 0.647. The van der Waals surface area contributed by atoms with E-state index in [2.05, 4.69) is 49.1 Å². The molecule has 6 heteroatoms. The summed E-state index contributed by atoms with van der Waals surface area (Å²) in [4.78, 5) is 11.0. The summed E-state index contributed by atoms with van der Waals surface area (Å²) in [6.07, 6.45) is 6.95. The predicted molar refractivity (Wildman–Crippen MR) is 102 cm³/mol. The van der Waals surface area contributed by atoms with Gasteiger partial charge in [0, 0.05) is 45.1 Å². The summed E-state index contributed by atoms with van der Waals surface area (Å²) in [5, 5.41) is 10.5. The fourth-order valence-corrected chi connectivity index (χ4v) is 3.74. The van der Waals surface area contributed by atoms with E-state index in [9.17, 15) is 0 Å². The summed E-state index contributed by atoms with van der Waals surface area (Å²) >= 11 is 1.82. The summed E-state index contributed by atoms with van der Waals surface area (Å²) < 4.78 is 0. The normalized spacial score (nSPS) is 16.2. The Kier molecular flexibility index (Phi) is 6.07. The van der Waals surface area contributed by atoms with Crippen LogP contribution < -0.4 is 15.5 Å². The summed E-state index contributed by atoms with van der Waals surface area (Å²) in [5.74, 6) is 0.897. The highest BCUT2D eigenvalue weighted by Gasteiger charge is 2.20. The third kappa shape index (κ3) is 4.71. The van der Waals surface area contributed by atoms with Crippen LogP contribution in [0.2, 0.25) is 0 Å². The van der Waals surface area contributed by atoms with E-state index < -0.39 is 0 Å². The lowest BCUT2D eigenvalue weighted by atomic mass is 10.1. The van der Waals surface area contributed by atoms with Gasteiger partial charge in [-0.05, 0) is 48.4 Å². The molecule has 0 saturated carbocycles. The number of aliphatic imine (C=N–C) groups is 1. The number of anilines is 1. The maximum atomic E-state index is 4.35. The van der Waals surface area contributed by atoms with Crippen LogP contribution in [-0.4, -0.2) is 43.7 Å². The Hall–Kier alpha value is -2.08. The number of rotatable bonds is 5. The van der Waals surface area contributed by atoms with Gasteiger partial charge in [-0.15, -0.1) is 11.3 Å². The van der Waals surface area contributed by atoms with Crippen LogP contribution in [0.25, 0.3) is 0 Å². The van der Waals surface area contributed by atoms with Crippen LogP contribution in [0.15, 0.2) is 47.0 Å². The van der Waals surface area contributed by atoms with E-state index in [0.717, 1.165) is 44.9 Å². The molecule has 0 aromatic carbocycles. The van der Waals surface area contributed by atoms with Crippen LogP contribution in [0.3, 0.4) is 0 Å².